The first kappa shape index (κ1) is 26.8. The first-order valence-electron chi connectivity index (χ1n) is 19.9. The van der Waals surface area contributed by atoms with E-state index in [4.69, 9.17) is 0 Å². The van der Waals surface area contributed by atoms with Crippen molar-refractivity contribution in [2.75, 3.05) is 4.90 Å². The van der Waals surface area contributed by atoms with Gasteiger partial charge in [0.15, 0.2) is 0 Å². The van der Waals surface area contributed by atoms with Crippen molar-refractivity contribution in [2.45, 2.75) is 0 Å². The summed E-state index contributed by atoms with van der Waals surface area (Å²) in [5, 5.41) is 8.82. The van der Waals surface area contributed by atoms with E-state index in [9.17, 15) is 5.48 Å². The van der Waals surface area contributed by atoms with Gasteiger partial charge in [-0.25, -0.2) is 0 Å². The van der Waals surface area contributed by atoms with Crippen molar-refractivity contribution < 1.29 is 5.48 Å². The SMILES string of the molecule is [2H]c1c([2H])c(N(c2ccc3c(ccc4ccccc43)c2)c2ccc3c(ccc4ccccc43)c2)c([2H])c([2H])c1-c1cc(-c2ccccc2)cc(-c2ccccc2)c1. The fourth-order valence-corrected chi connectivity index (χ4v) is 7.61. The predicted molar refractivity (Wildman–Crippen MR) is 227 cm³/mol. The first-order chi connectivity index (χ1) is 27.9. The van der Waals surface area contributed by atoms with Gasteiger partial charge in [0.2, 0.25) is 0 Å². The third-order valence-corrected chi connectivity index (χ3v) is 10.2. The number of nitrogens with zero attached hydrogens (tertiary/aromatic N) is 1. The Labute approximate surface area is 315 Å². The molecule has 0 N–H and O–H groups in total. The molecular weight excluding hydrogens is 639 g/mol. The summed E-state index contributed by atoms with van der Waals surface area (Å²) in [5.74, 6) is 0. The third kappa shape index (κ3) is 5.69. The molecule has 0 heterocycles. The first-order valence-corrected chi connectivity index (χ1v) is 17.9. The van der Waals surface area contributed by atoms with Gasteiger partial charge < -0.3 is 4.90 Å². The molecule has 0 bridgehead atoms. The summed E-state index contributed by atoms with van der Waals surface area (Å²) in [6.45, 7) is 0. The number of rotatable bonds is 6. The summed E-state index contributed by atoms with van der Waals surface area (Å²) < 4.78 is 38.6. The summed E-state index contributed by atoms with van der Waals surface area (Å²) in [5.41, 5.74) is 6.43. The minimum absolute atomic E-state index is 0.0983. The lowest BCUT2D eigenvalue weighted by molar-refractivity contribution is 1.29. The number of benzene rings is 10. The molecule has 0 unspecified atom stereocenters. The maximum Gasteiger partial charge on any atom is 0.0645 e. The second-order valence-electron chi connectivity index (χ2n) is 13.5. The van der Waals surface area contributed by atoms with Crippen LogP contribution in [0.5, 0.6) is 0 Å². The molecule has 0 fully saturated rings. The Morgan fingerprint density at radius 1 is 0.264 bits per heavy atom. The average molecular weight is 678 g/mol. The zero-order valence-electron chi connectivity index (χ0n) is 32.8. The molecule has 248 valence electrons. The molecule has 0 atom stereocenters. The van der Waals surface area contributed by atoms with Gasteiger partial charge in [0.1, 0.15) is 0 Å². The zero-order chi connectivity index (χ0) is 38.6. The van der Waals surface area contributed by atoms with Crippen LogP contribution in [0.25, 0.3) is 76.5 Å². The molecule has 1 heteroatoms. The summed E-state index contributed by atoms with van der Waals surface area (Å²) in [4.78, 5) is 1.89. The smallest absolute Gasteiger partial charge is 0.0645 e. The minimum Gasteiger partial charge on any atom is -0.310 e. The number of fused-ring (bicyclic) bond motifs is 6. The van der Waals surface area contributed by atoms with Gasteiger partial charge >= 0.3 is 0 Å². The van der Waals surface area contributed by atoms with Gasteiger partial charge in [-0.15, -0.1) is 0 Å². The predicted octanol–water partition coefficient (Wildman–Crippen LogP) is 14.8. The number of anilines is 3. The molecule has 0 saturated heterocycles. The van der Waals surface area contributed by atoms with Crippen LogP contribution in [0.3, 0.4) is 0 Å². The molecule has 0 spiro atoms. The topological polar surface area (TPSA) is 3.24 Å². The molecule has 10 aromatic carbocycles. The van der Waals surface area contributed by atoms with E-state index in [0.717, 1.165) is 76.7 Å². The van der Waals surface area contributed by atoms with Crippen molar-refractivity contribution in [3.05, 3.63) is 212 Å². The lowest BCUT2D eigenvalue weighted by Crippen LogP contribution is -2.10. The number of hydrogen-bond acceptors (Lipinski definition) is 1. The maximum atomic E-state index is 9.70. The van der Waals surface area contributed by atoms with Crippen molar-refractivity contribution >= 4 is 60.2 Å². The Kier molecular flexibility index (Phi) is 6.56. The molecule has 0 aliphatic heterocycles. The fourth-order valence-electron chi connectivity index (χ4n) is 7.61. The van der Waals surface area contributed by atoms with E-state index >= 15 is 0 Å². The van der Waals surface area contributed by atoms with E-state index in [2.05, 4.69) is 78.9 Å². The van der Waals surface area contributed by atoms with Crippen LogP contribution < -0.4 is 4.90 Å². The molecule has 0 radical (unpaired) electrons. The molecule has 0 aromatic heterocycles. The Morgan fingerprint density at radius 3 is 1.15 bits per heavy atom. The summed E-state index contributed by atoms with van der Waals surface area (Å²) in [7, 11) is 0. The van der Waals surface area contributed by atoms with E-state index in [0.29, 0.717) is 5.56 Å². The van der Waals surface area contributed by atoms with Gasteiger partial charge in [0, 0.05) is 17.1 Å². The Bertz CT molecular complexity index is 2970. The fraction of sp³-hybridized carbons (Fsp3) is 0. The van der Waals surface area contributed by atoms with Crippen LogP contribution in [0.2, 0.25) is 0 Å². The summed E-state index contributed by atoms with van der Waals surface area (Å²) >= 11 is 0. The molecule has 10 rings (SSSR count). The van der Waals surface area contributed by atoms with Gasteiger partial charge in [0.25, 0.3) is 0 Å². The quantitative estimate of drug-likeness (QED) is 0.158. The van der Waals surface area contributed by atoms with Crippen LogP contribution in [-0.4, -0.2) is 0 Å². The van der Waals surface area contributed by atoms with Crippen LogP contribution in [0.4, 0.5) is 17.1 Å². The van der Waals surface area contributed by atoms with Gasteiger partial charge in [-0.3, -0.25) is 0 Å². The van der Waals surface area contributed by atoms with E-state index in [1.165, 1.54) is 0 Å². The highest BCUT2D eigenvalue weighted by molar-refractivity contribution is 6.10. The van der Waals surface area contributed by atoms with Gasteiger partial charge in [-0.2, -0.15) is 0 Å². The molecule has 0 saturated carbocycles. The van der Waals surface area contributed by atoms with Crippen LogP contribution in [0.15, 0.2) is 212 Å². The second kappa shape index (κ2) is 13.0. The summed E-state index contributed by atoms with van der Waals surface area (Å²) in [6.07, 6.45) is 0. The molecule has 0 amide bonds. The summed E-state index contributed by atoms with van der Waals surface area (Å²) in [6, 6.07) is 63.3. The van der Waals surface area contributed by atoms with E-state index < -0.39 is 0 Å². The van der Waals surface area contributed by atoms with Gasteiger partial charge in [0.05, 0.1) is 5.48 Å². The van der Waals surface area contributed by atoms with Gasteiger partial charge in [-0.1, -0.05) is 158 Å². The highest BCUT2D eigenvalue weighted by atomic mass is 15.1. The largest absolute Gasteiger partial charge is 0.310 e. The van der Waals surface area contributed by atoms with Crippen molar-refractivity contribution in [3.63, 3.8) is 0 Å². The molecule has 53 heavy (non-hydrogen) atoms. The van der Waals surface area contributed by atoms with Crippen LogP contribution >= 0.6 is 0 Å². The normalized spacial score (nSPS) is 12.5. The van der Waals surface area contributed by atoms with E-state index in [1.54, 1.807) is 0 Å². The Hall–Kier alpha value is -6.96. The molecular formula is C52H35N. The monoisotopic (exact) mass is 677 g/mol. The van der Waals surface area contributed by atoms with Crippen molar-refractivity contribution in [3.8, 4) is 33.4 Å². The van der Waals surface area contributed by atoms with Crippen molar-refractivity contribution in [1.82, 2.24) is 0 Å². The standard InChI is InChI=1S/C52H35N/c1-3-11-36(12-4-1)43-31-44(37-13-5-2-6-14-37)33-45(32-43)38-23-25-46(26-24-38)53(47-27-29-51-41(34-47)21-19-39-15-7-9-17-49(39)51)48-28-30-52-42(35-48)22-20-40-16-8-10-18-50(40)52/h1-35H/i23D,24D,25D,26D. The van der Waals surface area contributed by atoms with Gasteiger partial charge in [-0.05, 0) is 131 Å². The van der Waals surface area contributed by atoms with Crippen molar-refractivity contribution in [2.24, 2.45) is 0 Å². The molecule has 0 aliphatic rings. The highest BCUT2D eigenvalue weighted by Crippen LogP contribution is 2.41. The Balaban J connectivity index is 1.20. The number of hydrogen-bond donors (Lipinski definition) is 0. The lowest BCUT2D eigenvalue weighted by Gasteiger charge is -2.27. The molecule has 10 aromatic rings. The van der Waals surface area contributed by atoms with E-state index in [1.807, 2.05) is 114 Å². The average Bonchev–Trinajstić information content (AvgIpc) is 3.27. The van der Waals surface area contributed by atoms with Crippen LogP contribution in [0, 0.1) is 0 Å². The van der Waals surface area contributed by atoms with Crippen LogP contribution in [0.1, 0.15) is 5.48 Å². The van der Waals surface area contributed by atoms with E-state index in [-0.39, 0.29) is 35.4 Å². The maximum absolute atomic E-state index is 9.70. The van der Waals surface area contributed by atoms with Crippen molar-refractivity contribution in [1.29, 1.82) is 0 Å². The molecule has 0 aliphatic carbocycles. The zero-order valence-corrected chi connectivity index (χ0v) is 28.8. The minimum atomic E-state index is -0.116. The van der Waals surface area contributed by atoms with Crippen LogP contribution in [-0.2, 0) is 0 Å². The molecule has 1 nitrogen and oxygen atoms in total. The third-order valence-electron chi connectivity index (χ3n) is 10.2. The Morgan fingerprint density at radius 2 is 0.660 bits per heavy atom. The lowest BCUT2D eigenvalue weighted by atomic mass is 9.93. The highest BCUT2D eigenvalue weighted by Gasteiger charge is 2.16. The second-order valence-corrected chi connectivity index (χ2v) is 13.5.